The fourth-order valence-electron chi connectivity index (χ4n) is 2.79. The Morgan fingerprint density at radius 3 is 2.58 bits per heavy atom. The Balaban J connectivity index is 1.63. The highest BCUT2D eigenvalue weighted by molar-refractivity contribution is 7.89. The van der Waals surface area contributed by atoms with E-state index in [4.69, 9.17) is 18.9 Å². The zero-order valence-corrected chi connectivity index (χ0v) is 17.9. The van der Waals surface area contributed by atoms with Gasteiger partial charge < -0.3 is 24.3 Å². The lowest BCUT2D eigenvalue weighted by molar-refractivity contribution is -0.129. The third-order valence-electron chi connectivity index (χ3n) is 4.51. The number of carbonyl (C=O) groups excluding carboxylic acids is 2. The molecule has 0 aromatic heterocycles. The van der Waals surface area contributed by atoms with E-state index in [-0.39, 0.29) is 29.5 Å². The molecule has 0 saturated carbocycles. The number of benzene rings is 2. The Morgan fingerprint density at radius 2 is 1.87 bits per heavy atom. The molecule has 2 N–H and O–H groups in total. The minimum absolute atomic E-state index is 0.0370. The van der Waals surface area contributed by atoms with Crippen molar-refractivity contribution in [2.24, 2.45) is 0 Å². The van der Waals surface area contributed by atoms with Crippen molar-refractivity contribution < 1.29 is 37.0 Å². The molecule has 1 aliphatic rings. The van der Waals surface area contributed by atoms with Crippen molar-refractivity contribution in [3.05, 3.63) is 47.5 Å². The molecular weight excluding hydrogens is 428 g/mol. The van der Waals surface area contributed by atoms with Crippen LogP contribution in [0.1, 0.15) is 22.8 Å². The van der Waals surface area contributed by atoms with Crippen LogP contribution in [0.2, 0.25) is 0 Å². The molecule has 3 rings (SSSR count). The fraction of sp³-hybridized carbons (Fsp3) is 0.300. The lowest BCUT2D eigenvalue weighted by Crippen LogP contribution is -2.35. The van der Waals surface area contributed by atoms with Gasteiger partial charge in [-0.3, -0.25) is 4.79 Å². The summed E-state index contributed by atoms with van der Waals surface area (Å²) in [5.74, 6) is -0.0569. The van der Waals surface area contributed by atoms with Gasteiger partial charge in [-0.1, -0.05) is 6.07 Å². The van der Waals surface area contributed by atoms with E-state index in [1.54, 1.807) is 18.2 Å². The van der Waals surface area contributed by atoms with Crippen LogP contribution < -0.4 is 24.2 Å². The third kappa shape index (κ3) is 5.06. The number of nitrogens with one attached hydrogen (secondary N) is 2. The van der Waals surface area contributed by atoms with Gasteiger partial charge in [-0.25, -0.2) is 17.9 Å². The van der Waals surface area contributed by atoms with E-state index >= 15 is 0 Å². The molecule has 10 nitrogen and oxygen atoms in total. The highest BCUT2D eigenvalue weighted by atomic mass is 32.2. The minimum atomic E-state index is -3.87. The Morgan fingerprint density at radius 1 is 1.13 bits per heavy atom. The highest BCUT2D eigenvalue weighted by Gasteiger charge is 2.23. The molecule has 0 bridgehead atoms. The number of hydrogen-bond donors (Lipinski definition) is 2. The SMILES string of the molecule is CNS(=O)(=O)c1cc(C(=O)O[C@@H](C)C(=O)NCc2ccc3c(c2)OCO3)ccc1OC. The number of esters is 1. The number of sulfonamides is 1. The zero-order valence-electron chi connectivity index (χ0n) is 17.1. The van der Waals surface area contributed by atoms with Crippen LogP contribution in [-0.4, -0.2) is 47.3 Å². The molecule has 2 aromatic rings. The molecule has 0 fully saturated rings. The van der Waals surface area contributed by atoms with Crippen molar-refractivity contribution in [3.63, 3.8) is 0 Å². The molecule has 0 saturated heterocycles. The first kappa shape index (κ1) is 22.4. The van der Waals surface area contributed by atoms with Gasteiger partial charge in [-0.2, -0.15) is 0 Å². The summed E-state index contributed by atoms with van der Waals surface area (Å²) in [5.41, 5.74) is 0.748. The van der Waals surface area contributed by atoms with Gasteiger partial charge in [0.05, 0.1) is 12.7 Å². The van der Waals surface area contributed by atoms with Crippen LogP contribution in [-0.2, 0) is 26.1 Å². The van der Waals surface area contributed by atoms with Gasteiger partial charge in [-0.15, -0.1) is 0 Å². The number of fused-ring (bicyclic) bond motifs is 1. The van der Waals surface area contributed by atoms with Crippen LogP contribution in [0.25, 0.3) is 0 Å². The lowest BCUT2D eigenvalue weighted by atomic mass is 10.2. The Kier molecular flexibility index (Phi) is 6.66. The highest BCUT2D eigenvalue weighted by Crippen LogP contribution is 2.32. The average Bonchev–Trinajstić information content (AvgIpc) is 3.24. The van der Waals surface area contributed by atoms with Crippen LogP contribution in [0.4, 0.5) is 0 Å². The van der Waals surface area contributed by atoms with E-state index in [2.05, 4.69) is 10.0 Å². The maximum absolute atomic E-state index is 12.4. The summed E-state index contributed by atoms with van der Waals surface area (Å²) in [5, 5.41) is 2.67. The molecule has 31 heavy (non-hydrogen) atoms. The second kappa shape index (κ2) is 9.23. The Hall–Kier alpha value is -3.31. The molecule has 0 aliphatic carbocycles. The van der Waals surface area contributed by atoms with Crippen LogP contribution in [0.3, 0.4) is 0 Å². The molecular formula is C20H22N2O8S. The summed E-state index contributed by atoms with van der Waals surface area (Å²) in [6, 6.07) is 9.10. The first-order chi connectivity index (χ1) is 14.7. The molecule has 0 spiro atoms. The molecule has 11 heteroatoms. The van der Waals surface area contributed by atoms with E-state index in [0.29, 0.717) is 11.5 Å². The number of ether oxygens (including phenoxy) is 4. The standard InChI is InChI=1S/C20H22N2O8S/c1-12(19(23)22-10-13-4-6-15-17(8-13)29-11-28-15)30-20(24)14-5-7-16(27-3)18(9-14)31(25,26)21-2/h4-9,12,21H,10-11H2,1-3H3,(H,22,23)/t12-/m0/s1. The van der Waals surface area contributed by atoms with Gasteiger partial charge in [-0.05, 0) is 49.9 Å². The van der Waals surface area contributed by atoms with Crippen LogP contribution in [0, 0.1) is 0 Å². The van der Waals surface area contributed by atoms with Gasteiger partial charge in [0.25, 0.3) is 5.91 Å². The predicted octanol–water partition coefficient (Wildman–Crippen LogP) is 1.19. The minimum Gasteiger partial charge on any atom is -0.495 e. The molecule has 1 amide bonds. The summed E-state index contributed by atoms with van der Waals surface area (Å²) in [6.45, 7) is 1.77. The van der Waals surface area contributed by atoms with Gasteiger partial charge in [0.2, 0.25) is 16.8 Å². The normalized spacial score (nSPS) is 13.4. The number of carbonyl (C=O) groups is 2. The maximum Gasteiger partial charge on any atom is 0.338 e. The fourth-order valence-corrected chi connectivity index (χ4v) is 3.71. The van der Waals surface area contributed by atoms with E-state index in [1.807, 2.05) is 0 Å². The van der Waals surface area contributed by atoms with Gasteiger partial charge in [0.15, 0.2) is 17.6 Å². The Labute approximate surface area is 179 Å². The maximum atomic E-state index is 12.4. The first-order valence-corrected chi connectivity index (χ1v) is 10.7. The van der Waals surface area contributed by atoms with Crippen molar-refractivity contribution in [1.82, 2.24) is 10.0 Å². The molecule has 0 radical (unpaired) electrons. The topological polar surface area (TPSA) is 129 Å². The number of rotatable bonds is 8. The lowest BCUT2D eigenvalue weighted by Gasteiger charge is -2.15. The largest absolute Gasteiger partial charge is 0.495 e. The number of methoxy groups -OCH3 is 1. The van der Waals surface area contributed by atoms with Crippen molar-refractivity contribution >= 4 is 21.9 Å². The first-order valence-electron chi connectivity index (χ1n) is 9.24. The van der Waals surface area contributed by atoms with Crippen molar-refractivity contribution in [1.29, 1.82) is 0 Å². The monoisotopic (exact) mass is 450 g/mol. The summed E-state index contributed by atoms with van der Waals surface area (Å²) >= 11 is 0. The predicted molar refractivity (Wildman–Crippen MR) is 109 cm³/mol. The van der Waals surface area contributed by atoms with Gasteiger partial charge in [0, 0.05) is 6.54 Å². The van der Waals surface area contributed by atoms with Crippen LogP contribution >= 0.6 is 0 Å². The van der Waals surface area contributed by atoms with E-state index in [0.717, 1.165) is 11.6 Å². The van der Waals surface area contributed by atoms with E-state index in [9.17, 15) is 18.0 Å². The van der Waals surface area contributed by atoms with Crippen molar-refractivity contribution in [3.8, 4) is 17.2 Å². The number of hydrogen-bond acceptors (Lipinski definition) is 8. The smallest absolute Gasteiger partial charge is 0.338 e. The summed E-state index contributed by atoms with van der Waals surface area (Å²) in [6.07, 6.45) is -1.10. The van der Waals surface area contributed by atoms with E-state index in [1.165, 1.54) is 33.2 Å². The number of amides is 1. The molecule has 2 aromatic carbocycles. The van der Waals surface area contributed by atoms with Crippen LogP contribution in [0.5, 0.6) is 17.2 Å². The average molecular weight is 450 g/mol. The zero-order chi connectivity index (χ0) is 22.6. The van der Waals surface area contributed by atoms with Crippen molar-refractivity contribution in [2.75, 3.05) is 21.0 Å². The second-order valence-electron chi connectivity index (χ2n) is 6.53. The van der Waals surface area contributed by atoms with Gasteiger partial charge in [0.1, 0.15) is 10.6 Å². The summed E-state index contributed by atoms with van der Waals surface area (Å²) < 4.78 is 47.2. The molecule has 166 valence electrons. The molecule has 0 unspecified atom stereocenters. The molecule has 1 aliphatic heterocycles. The van der Waals surface area contributed by atoms with Gasteiger partial charge >= 0.3 is 5.97 Å². The van der Waals surface area contributed by atoms with Crippen LogP contribution in [0.15, 0.2) is 41.3 Å². The van der Waals surface area contributed by atoms with E-state index < -0.39 is 28.0 Å². The summed E-state index contributed by atoms with van der Waals surface area (Å²) in [4.78, 5) is 24.5. The molecule has 1 atom stereocenters. The Bertz CT molecular complexity index is 1100. The summed E-state index contributed by atoms with van der Waals surface area (Å²) in [7, 11) is -1.31. The van der Waals surface area contributed by atoms with Crippen molar-refractivity contribution in [2.45, 2.75) is 24.5 Å². The third-order valence-corrected chi connectivity index (χ3v) is 5.95. The molecule has 1 heterocycles. The quantitative estimate of drug-likeness (QED) is 0.574. The second-order valence-corrected chi connectivity index (χ2v) is 8.38.